The minimum atomic E-state index is -0.796. The Hall–Kier alpha value is -2.24. The maximum atomic E-state index is 13.5. The van der Waals surface area contributed by atoms with Gasteiger partial charge in [-0.3, -0.25) is 0 Å². The highest BCUT2D eigenvalue weighted by Gasteiger charge is 2.10. The number of carbonyl (C=O) groups is 1. The number of hydrogen-bond donors (Lipinski definition) is 1. The zero-order valence-corrected chi connectivity index (χ0v) is 9.36. The molecule has 0 saturated heterocycles. The van der Waals surface area contributed by atoms with Crippen molar-refractivity contribution >= 4 is 12.0 Å². The van der Waals surface area contributed by atoms with Crippen LogP contribution < -0.4 is 4.74 Å². The Labute approximate surface area is 97.4 Å². The zero-order chi connectivity index (χ0) is 12.8. The van der Waals surface area contributed by atoms with Crippen LogP contribution in [0.15, 0.2) is 29.0 Å². The first kappa shape index (κ1) is 12.8. The number of hydrogen-bond acceptors (Lipinski definition) is 5. The van der Waals surface area contributed by atoms with E-state index in [4.69, 9.17) is 10.3 Å². The Morgan fingerprint density at radius 3 is 2.65 bits per heavy atom. The zero-order valence-electron chi connectivity index (χ0n) is 9.36. The Morgan fingerprint density at radius 1 is 1.47 bits per heavy atom. The van der Waals surface area contributed by atoms with Crippen LogP contribution in [0.3, 0.4) is 0 Å². The van der Waals surface area contributed by atoms with Gasteiger partial charge in [0.25, 0.3) is 0 Å². The van der Waals surface area contributed by atoms with Gasteiger partial charge < -0.3 is 9.47 Å². The van der Waals surface area contributed by atoms with Gasteiger partial charge in [-0.1, -0.05) is 0 Å². The highest BCUT2D eigenvalue weighted by atomic mass is 19.1. The van der Waals surface area contributed by atoms with Crippen LogP contribution in [-0.4, -0.2) is 20.2 Å². The van der Waals surface area contributed by atoms with E-state index in [9.17, 15) is 9.18 Å². The topological polar surface area (TPSA) is 71.7 Å². The van der Waals surface area contributed by atoms with E-state index in [1.807, 2.05) is 0 Å². The number of nitrogens with zero attached hydrogens (tertiary/aromatic N) is 1. The Balaban J connectivity index is 3.12. The molecule has 0 bridgehead atoms. The molecular formula is C11H11FN2O3. The summed E-state index contributed by atoms with van der Waals surface area (Å²) in [5.41, 5.74) is 6.65. The molecule has 0 heterocycles. The second-order valence-electron chi connectivity index (χ2n) is 3.02. The normalized spacial score (nSPS) is 10.9. The fraction of sp³-hybridized carbons (Fsp3) is 0.182. The van der Waals surface area contributed by atoms with Crippen LogP contribution in [0.1, 0.15) is 5.56 Å². The maximum absolute atomic E-state index is 13.5. The van der Waals surface area contributed by atoms with Crippen molar-refractivity contribution in [1.82, 2.24) is 0 Å². The maximum Gasteiger partial charge on any atom is 0.358 e. The molecule has 1 aromatic rings. The van der Waals surface area contributed by atoms with Gasteiger partial charge in [0, 0.05) is 11.6 Å². The number of ether oxygens (including phenoxy) is 2. The molecule has 0 unspecified atom stereocenters. The van der Waals surface area contributed by atoms with Crippen LogP contribution in [-0.2, 0) is 9.53 Å². The van der Waals surface area contributed by atoms with Crippen LogP contribution in [0, 0.1) is 11.3 Å². The number of benzene rings is 1. The second kappa shape index (κ2) is 5.74. The van der Waals surface area contributed by atoms with Gasteiger partial charge in [-0.2, -0.15) is 5.11 Å². The molecule has 1 N–H and O–H groups in total. The SMILES string of the molecule is COC(=O)/C(=C/c1ccc(OC)cc1F)N=N. The molecule has 0 saturated carbocycles. The molecule has 5 nitrogen and oxygen atoms in total. The molecule has 6 heteroatoms. The second-order valence-corrected chi connectivity index (χ2v) is 3.02. The fourth-order valence-corrected chi connectivity index (χ4v) is 1.14. The predicted molar refractivity (Wildman–Crippen MR) is 58.1 cm³/mol. The van der Waals surface area contributed by atoms with E-state index >= 15 is 0 Å². The summed E-state index contributed by atoms with van der Waals surface area (Å²) in [5.74, 6) is -1.01. The van der Waals surface area contributed by atoms with Crippen molar-refractivity contribution in [3.8, 4) is 5.75 Å². The van der Waals surface area contributed by atoms with Crippen LogP contribution in [0.25, 0.3) is 6.08 Å². The molecule has 0 fully saturated rings. The molecule has 1 rings (SSSR count). The number of nitrogens with one attached hydrogen (secondary N) is 1. The van der Waals surface area contributed by atoms with Crippen molar-refractivity contribution in [3.63, 3.8) is 0 Å². The minimum Gasteiger partial charge on any atom is -0.497 e. The first-order valence-corrected chi connectivity index (χ1v) is 4.63. The number of methoxy groups -OCH3 is 2. The molecule has 0 amide bonds. The minimum absolute atomic E-state index is 0.127. The lowest BCUT2D eigenvalue weighted by molar-refractivity contribution is -0.136. The van der Waals surface area contributed by atoms with E-state index < -0.39 is 11.8 Å². The smallest absolute Gasteiger partial charge is 0.358 e. The van der Waals surface area contributed by atoms with Gasteiger partial charge in [0.05, 0.1) is 14.2 Å². The summed E-state index contributed by atoms with van der Waals surface area (Å²) in [5, 5.41) is 2.98. The molecule has 0 aromatic heterocycles. The summed E-state index contributed by atoms with van der Waals surface area (Å²) in [6.45, 7) is 0. The quantitative estimate of drug-likeness (QED) is 0.497. The first-order valence-electron chi connectivity index (χ1n) is 4.63. The Morgan fingerprint density at radius 2 is 2.18 bits per heavy atom. The summed E-state index contributed by atoms with van der Waals surface area (Å²) in [4.78, 5) is 11.1. The summed E-state index contributed by atoms with van der Waals surface area (Å²) < 4.78 is 22.8. The third-order valence-corrected chi connectivity index (χ3v) is 2.01. The molecule has 0 aliphatic carbocycles. The van der Waals surface area contributed by atoms with Gasteiger partial charge in [-0.25, -0.2) is 14.7 Å². The molecule has 90 valence electrons. The lowest BCUT2D eigenvalue weighted by Crippen LogP contribution is -2.02. The van der Waals surface area contributed by atoms with Crippen LogP contribution in [0.2, 0.25) is 0 Å². The number of rotatable bonds is 4. The molecular weight excluding hydrogens is 227 g/mol. The average molecular weight is 238 g/mol. The third kappa shape index (κ3) is 3.10. The van der Waals surface area contributed by atoms with Gasteiger partial charge in [-0.15, -0.1) is 0 Å². The third-order valence-electron chi connectivity index (χ3n) is 2.01. The molecule has 1 aromatic carbocycles. The van der Waals surface area contributed by atoms with Crippen molar-refractivity contribution < 1.29 is 18.7 Å². The monoisotopic (exact) mass is 238 g/mol. The van der Waals surface area contributed by atoms with E-state index in [2.05, 4.69) is 9.85 Å². The van der Waals surface area contributed by atoms with Crippen molar-refractivity contribution in [3.05, 3.63) is 35.3 Å². The van der Waals surface area contributed by atoms with Crippen molar-refractivity contribution in [2.24, 2.45) is 5.11 Å². The molecule has 0 spiro atoms. The summed E-state index contributed by atoms with van der Waals surface area (Å²) in [6.07, 6.45) is 1.13. The molecule has 0 aliphatic heterocycles. The van der Waals surface area contributed by atoms with Crippen molar-refractivity contribution in [2.75, 3.05) is 14.2 Å². The first-order chi connectivity index (χ1) is 8.12. The van der Waals surface area contributed by atoms with Crippen molar-refractivity contribution in [1.29, 1.82) is 5.53 Å². The highest BCUT2D eigenvalue weighted by Crippen LogP contribution is 2.19. The highest BCUT2D eigenvalue weighted by molar-refractivity contribution is 5.93. The number of halogens is 1. The van der Waals surface area contributed by atoms with E-state index in [1.165, 1.54) is 25.3 Å². The number of esters is 1. The Bertz CT molecular complexity index is 472. The summed E-state index contributed by atoms with van der Waals surface area (Å²) in [7, 11) is 2.58. The van der Waals surface area contributed by atoms with Gasteiger partial charge in [0.15, 0.2) is 5.70 Å². The molecule has 0 radical (unpaired) electrons. The van der Waals surface area contributed by atoms with Gasteiger partial charge in [-0.05, 0) is 18.2 Å². The van der Waals surface area contributed by atoms with E-state index in [0.717, 1.165) is 13.2 Å². The predicted octanol–water partition coefficient (Wildman–Crippen LogP) is 2.38. The van der Waals surface area contributed by atoms with E-state index in [-0.39, 0.29) is 11.3 Å². The Kier molecular flexibility index (Phi) is 4.33. The van der Waals surface area contributed by atoms with Crippen molar-refractivity contribution in [2.45, 2.75) is 0 Å². The van der Waals surface area contributed by atoms with Crippen LogP contribution >= 0.6 is 0 Å². The largest absolute Gasteiger partial charge is 0.497 e. The summed E-state index contributed by atoms with van der Waals surface area (Å²) >= 11 is 0. The van der Waals surface area contributed by atoms with E-state index in [0.29, 0.717) is 5.75 Å². The van der Waals surface area contributed by atoms with Gasteiger partial charge in [0.1, 0.15) is 11.6 Å². The standard InChI is InChI=1S/C11H11FN2O3/c1-16-8-4-3-7(9(12)6-8)5-10(14-13)11(15)17-2/h3-6,13H,1-2H3/b10-5-,14-13?. The fourth-order valence-electron chi connectivity index (χ4n) is 1.14. The lowest BCUT2D eigenvalue weighted by atomic mass is 10.1. The van der Waals surface area contributed by atoms with Crippen LogP contribution in [0.5, 0.6) is 5.75 Å². The van der Waals surface area contributed by atoms with Crippen LogP contribution in [0.4, 0.5) is 4.39 Å². The molecule has 17 heavy (non-hydrogen) atoms. The molecule has 0 aliphatic rings. The van der Waals surface area contributed by atoms with Gasteiger partial charge >= 0.3 is 5.97 Å². The molecule has 0 atom stereocenters. The lowest BCUT2D eigenvalue weighted by Gasteiger charge is -2.02. The average Bonchev–Trinajstić information content (AvgIpc) is 2.36. The summed E-state index contributed by atoms with van der Waals surface area (Å²) in [6, 6.07) is 4.13. The number of carbonyl (C=O) groups excluding carboxylic acids is 1. The van der Waals surface area contributed by atoms with Gasteiger partial charge in [0.2, 0.25) is 0 Å². The van der Waals surface area contributed by atoms with E-state index in [1.54, 1.807) is 0 Å².